The quantitative estimate of drug-likeness (QED) is 0.431. The van der Waals surface area contributed by atoms with E-state index >= 15 is 0 Å². The number of nitrogens with two attached hydrogens (primary N) is 2. The van der Waals surface area contributed by atoms with E-state index in [1.165, 1.54) is 0 Å². The molecule has 0 bridgehead atoms. The molecule has 0 radical (unpaired) electrons. The Bertz CT molecular complexity index is 1160. The maximum atomic E-state index is 14.7. The van der Waals surface area contributed by atoms with Crippen LogP contribution in [0.15, 0.2) is 48.8 Å². The lowest BCUT2D eigenvalue weighted by molar-refractivity contribution is 0.100. The predicted molar refractivity (Wildman–Crippen MR) is 126 cm³/mol. The van der Waals surface area contributed by atoms with Crippen LogP contribution in [-0.4, -0.2) is 35.1 Å². The molecule has 2 atom stereocenters. The molecular weight excluding hydrogens is 423 g/mol. The van der Waals surface area contributed by atoms with Gasteiger partial charge >= 0.3 is 0 Å². The average molecular weight is 451 g/mol. The topological polar surface area (TPSA) is 128 Å². The van der Waals surface area contributed by atoms with E-state index in [2.05, 4.69) is 20.6 Å². The van der Waals surface area contributed by atoms with Gasteiger partial charge in [-0.1, -0.05) is 25.0 Å². The fraction of sp³-hybridized carbons (Fsp3) is 0.292. The number of hydrogen-bond acceptors (Lipinski definition) is 7. The lowest BCUT2D eigenvalue weighted by atomic mass is 9.91. The number of amides is 1. The fourth-order valence-corrected chi connectivity index (χ4v) is 3.99. The number of carbonyl (C=O) groups excluding carboxylic acids is 1. The van der Waals surface area contributed by atoms with Crippen molar-refractivity contribution in [1.29, 1.82) is 0 Å². The third-order valence-electron chi connectivity index (χ3n) is 5.79. The molecule has 4 rings (SSSR count). The van der Waals surface area contributed by atoms with Crippen LogP contribution in [0.25, 0.3) is 11.1 Å². The number of ether oxygens (including phenoxy) is 1. The van der Waals surface area contributed by atoms with E-state index in [-0.39, 0.29) is 29.3 Å². The van der Waals surface area contributed by atoms with Crippen LogP contribution < -0.4 is 26.8 Å². The minimum Gasteiger partial charge on any atom is -0.497 e. The smallest absolute Gasteiger partial charge is 0.252 e. The first-order valence-corrected chi connectivity index (χ1v) is 10.8. The number of rotatable bonds is 7. The molecule has 1 saturated carbocycles. The number of nitrogens with zero attached hydrogens (tertiary/aromatic N) is 2. The van der Waals surface area contributed by atoms with Gasteiger partial charge in [-0.15, -0.1) is 0 Å². The van der Waals surface area contributed by atoms with Crippen LogP contribution in [0, 0.1) is 5.82 Å². The molecule has 0 aliphatic heterocycles. The number of primary amides is 1. The highest BCUT2D eigenvalue weighted by molar-refractivity contribution is 5.98. The molecule has 1 fully saturated rings. The lowest BCUT2D eigenvalue weighted by Crippen LogP contribution is -2.43. The van der Waals surface area contributed by atoms with Crippen molar-refractivity contribution in [3.8, 4) is 16.9 Å². The zero-order valence-electron chi connectivity index (χ0n) is 18.3. The maximum absolute atomic E-state index is 14.7. The summed E-state index contributed by atoms with van der Waals surface area (Å²) >= 11 is 0. The van der Waals surface area contributed by atoms with E-state index in [9.17, 15) is 9.18 Å². The zero-order valence-corrected chi connectivity index (χ0v) is 18.3. The zero-order chi connectivity index (χ0) is 23.4. The number of nitrogens with one attached hydrogen (secondary N) is 2. The molecule has 1 aliphatic rings. The molecule has 0 spiro atoms. The second kappa shape index (κ2) is 9.83. The van der Waals surface area contributed by atoms with Gasteiger partial charge in [0.2, 0.25) is 0 Å². The summed E-state index contributed by atoms with van der Waals surface area (Å²) in [6, 6.07) is 10.3. The monoisotopic (exact) mass is 450 g/mol. The SMILES string of the molecule is COc1cccc(-c2cncc(Nc3nc(N[C@@H]4CCCC[C@@H]4N)c(F)cc3C(N)=O)c2)c1. The number of benzene rings is 1. The first-order valence-electron chi connectivity index (χ1n) is 10.8. The Labute approximate surface area is 191 Å². The number of anilines is 3. The second-order valence-electron chi connectivity index (χ2n) is 8.10. The minimum atomic E-state index is -0.790. The van der Waals surface area contributed by atoms with E-state index in [1.807, 2.05) is 30.3 Å². The predicted octanol–water partition coefficient (Wildman–Crippen LogP) is 3.82. The van der Waals surface area contributed by atoms with Crippen LogP contribution in [0.3, 0.4) is 0 Å². The third-order valence-corrected chi connectivity index (χ3v) is 5.79. The van der Waals surface area contributed by atoms with Crippen molar-refractivity contribution in [3.05, 3.63) is 60.2 Å². The van der Waals surface area contributed by atoms with Crippen LogP contribution in [-0.2, 0) is 0 Å². The number of halogens is 1. The summed E-state index contributed by atoms with van der Waals surface area (Å²) in [4.78, 5) is 20.6. The number of aromatic nitrogens is 2. The van der Waals surface area contributed by atoms with Crippen LogP contribution >= 0.6 is 0 Å². The third kappa shape index (κ3) is 5.20. The van der Waals surface area contributed by atoms with Gasteiger partial charge in [0.25, 0.3) is 5.91 Å². The number of hydrogen-bond donors (Lipinski definition) is 4. The van der Waals surface area contributed by atoms with Gasteiger partial charge < -0.3 is 26.8 Å². The fourth-order valence-electron chi connectivity index (χ4n) is 3.99. The number of methoxy groups -OCH3 is 1. The van der Waals surface area contributed by atoms with Gasteiger partial charge in [-0.25, -0.2) is 9.37 Å². The highest BCUT2D eigenvalue weighted by atomic mass is 19.1. The van der Waals surface area contributed by atoms with Crippen LogP contribution in [0.2, 0.25) is 0 Å². The Kier molecular flexibility index (Phi) is 6.69. The van der Waals surface area contributed by atoms with Crippen LogP contribution in [0.1, 0.15) is 36.0 Å². The molecule has 8 nitrogen and oxygen atoms in total. The molecule has 3 aromatic rings. The molecule has 1 amide bonds. The summed E-state index contributed by atoms with van der Waals surface area (Å²) in [7, 11) is 1.60. The van der Waals surface area contributed by atoms with E-state index in [4.69, 9.17) is 16.2 Å². The second-order valence-corrected chi connectivity index (χ2v) is 8.10. The van der Waals surface area contributed by atoms with Crippen molar-refractivity contribution in [2.75, 3.05) is 17.7 Å². The highest BCUT2D eigenvalue weighted by Crippen LogP contribution is 2.29. The number of carbonyl (C=O) groups is 1. The molecule has 2 heterocycles. The standard InChI is InChI=1S/C24H27FN6O2/c1-33-17-6-4-5-14(10-17)15-9-16(13-28-12-15)29-23-18(22(27)32)11-19(25)24(31-23)30-21-8-3-2-7-20(21)26/h4-6,9-13,20-21H,2-3,7-8,26H2,1H3,(H2,27,32)(H2,29,30,31)/t20-,21+/m0/s1. The highest BCUT2D eigenvalue weighted by Gasteiger charge is 2.24. The van der Waals surface area contributed by atoms with Gasteiger partial charge in [-0.05, 0) is 42.7 Å². The van der Waals surface area contributed by atoms with Crippen molar-refractivity contribution in [2.24, 2.45) is 11.5 Å². The molecule has 2 aromatic heterocycles. The van der Waals surface area contributed by atoms with E-state index in [0.717, 1.165) is 48.6 Å². The van der Waals surface area contributed by atoms with Gasteiger partial charge in [0.15, 0.2) is 11.6 Å². The van der Waals surface area contributed by atoms with Crippen molar-refractivity contribution >= 4 is 23.2 Å². The minimum absolute atomic E-state index is 0.0294. The molecule has 6 N–H and O–H groups in total. The average Bonchev–Trinajstić information content (AvgIpc) is 2.82. The Hall–Kier alpha value is -3.72. The maximum Gasteiger partial charge on any atom is 0.252 e. The molecular formula is C24H27FN6O2. The molecule has 33 heavy (non-hydrogen) atoms. The van der Waals surface area contributed by atoms with E-state index in [0.29, 0.717) is 5.69 Å². The van der Waals surface area contributed by atoms with E-state index < -0.39 is 11.7 Å². The Balaban J connectivity index is 1.64. The van der Waals surface area contributed by atoms with Gasteiger partial charge in [0.1, 0.15) is 11.6 Å². The van der Waals surface area contributed by atoms with Gasteiger partial charge in [0.05, 0.1) is 24.6 Å². The summed E-state index contributed by atoms with van der Waals surface area (Å²) in [5, 5.41) is 6.17. The summed E-state index contributed by atoms with van der Waals surface area (Å²) in [6.45, 7) is 0. The molecule has 1 aromatic carbocycles. The molecule has 9 heteroatoms. The lowest BCUT2D eigenvalue weighted by Gasteiger charge is -2.30. The van der Waals surface area contributed by atoms with Gasteiger partial charge in [0, 0.05) is 23.8 Å². The van der Waals surface area contributed by atoms with Crippen LogP contribution in [0.4, 0.5) is 21.7 Å². The Morgan fingerprint density at radius 2 is 1.94 bits per heavy atom. The van der Waals surface area contributed by atoms with Crippen LogP contribution in [0.5, 0.6) is 5.75 Å². The van der Waals surface area contributed by atoms with Crippen molar-refractivity contribution < 1.29 is 13.9 Å². The van der Waals surface area contributed by atoms with Gasteiger partial charge in [-0.2, -0.15) is 0 Å². The van der Waals surface area contributed by atoms with Gasteiger partial charge in [-0.3, -0.25) is 9.78 Å². The largest absolute Gasteiger partial charge is 0.497 e. The molecule has 0 unspecified atom stereocenters. The first kappa shape index (κ1) is 22.5. The number of pyridine rings is 2. The summed E-state index contributed by atoms with van der Waals surface area (Å²) in [5.74, 6) is -0.557. The normalized spacial score (nSPS) is 17.9. The van der Waals surface area contributed by atoms with E-state index in [1.54, 1.807) is 19.5 Å². The first-order chi connectivity index (χ1) is 15.9. The molecule has 1 aliphatic carbocycles. The Morgan fingerprint density at radius 1 is 1.12 bits per heavy atom. The summed E-state index contributed by atoms with van der Waals surface area (Å²) in [5.41, 5.74) is 13.9. The van der Waals surface area contributed by atoms with Crippen molar-refractivity contribution in [1.82, 2.24) is 9.97 Å². The Morgan fingerprint density at radius 3 is 2.70 bits per heavy atom. The molecule has 0 saturated heterocycles. The van der Waals surface area contributed by atoms with Crippen molar-refractivity contribution in [3.63, 3.8) is 0 Å². The summed E-state index contributed by atoms with van der Waals surface area (Å²) < 4.78 is 20.0. The summed E-state index contributed by atoms with van der Waals surface area (Å²) in [6.07, 6.45) is 7.06. The van der Waals surface area contributed by atoms with Crippen molar-refractivity contribution in [2.45, 2.75) is 37.8 Å². The molecule has 172 valence electrons.